The van der Waals surface area contributed by atoms with Gasteiger partial charge in [-0.15, -0.1) is 0 Å². The van der Waals surface area contributed by atoms with Gasteiger partial charge in [-0.3, -0.25) is 0 Å². The van der Waals surface area contributed by atoms with Gasteiger partial charge in [0.15, 0.2) is 0 Å². The summed E-state index contributed by atoms with van der Waals surface area (Å²) in [4.78, 5) is 11.6. The lowest BCUT2D eigenvalue weighted by atomic mass is 10.1. The molecule has 0 aromatic heterocycles. The molecule has 1 aliphatic carbocycles. The highest BCUT2D eigenvalue weighted by molar-refractivity contribution is 5.67. The number of hydrogen-bond donors (Lipinski definition) is 2. The Labute approximate surface area is 115 Å². The molecule has 106 valence electrons. The van der Waals surface area contributed by atoms with E-state index in [2.05, 4.69) is 11.9 Å². The summed E-state index contributed by atoms with van der Waals surface area (Å²) in [6.07, 6.45) is 7.75. The molecule has 1 saturated carbocycles. The monoisotopic (exact) mass is 264 g/mol. The topological polar surface area (TPSA) is 64.3 Å². The fourth-order valence-corrected chi connectivity index (χ4v) is 2.16. The van der Waals surface area contributed by atoms with Crippen molar-refractivity contribution in [1.82, 2.24) is 5.32 Å². The Morgan fingerprint density at radius 2 is 2.00 bits per heavy atom. The number of alkyl carbamates (subject to hydrolysis) is 1. The van der Waals surface area contributed by atoms with Gasteiger partial charge in [0.05, 0.1) is 0 Å². The first-order valence-electron chi connectivity index (χ1n) is 6.70. The largest absolute Gasteiger partial charge is 0.445 e. The van der Waals surface area contributed by atoms with Gasteiger partial charge >= 0.3 is 6.09 Å². The van der Waals surface area contributed by atoms with Gasteiger partial charge in [0.1, 0.15) is 6.61 Å². The second-order valence-electron chi connectivity index (χ2n) is 5.16. The SMILES string of the molecule is C=C(C)/C=C(\C=C(\C)N)COC(=O)NC1CCCC1. The summed E-state index contributed by atoms with van der Waals surface area (Å²) in [6.45, 7) is 7.70. The van der Waals surface area contributed by atoms with Crippen LogP contribution in [0.4, 0.5) is 4.79 Å². The Morgan fingerprint density at radius 1 is 1.37 bits per heavy atom. The number of allylic oxidation sites excluding steroid dienone is 3. The molecule has 0 unspecified atom stereocenters. The average molecular weight is 264 g/mol. The van der Waals surface area contributed by atoms with Gasteiger partial charge in [-0.1, -0.05) is 31.1 Å². The van der Waals surface area contributed by atoms with Gasteiger partial charge in [0, 0.05) is 11.7 Å². The van der Waals surface area contributed by atoms with Crippen LogP contribution in [-0.2, 0) is 4.74 Å². The zero-order chi connectivity index (χ0) is 14.3. The first-order chi connectivity index (χ1) is 8.97. The number of ether oxygens (including phenoxy) is 1. The molecule has 0 bridgehead atoms. The molecule has 4 heteroatoms. The molecular weight excluding hydrogens is 240 g/mol. The molecule has 3 N–H and O–H groups in total. The molecule has 1 amide bonds. The third-order valence-electron chi connectivity index (χ3n) is 2.89. The van der Waals surface area contributed by atoms with E-state index in [4.69, 9.17) is 10.5 Å². The van der Waals surface area contributed by atoms with Crippen molar-refractivity contribution in [3.63, 3.8) is 0 Å². The predicted molar refractivity (Wildman–Crippen MR) is 77.6 cm³/mol. The quantitative estimate of drug-likeness (QED) is 0.750. The van der Waals surface area contributed by atoms with Crippen molar-refractivity contribution in [2.24, 2.45) is 5.73 Å². The van der Waals surface area contributed by atoms with Crippen LogP contribution in [0.2, 0.25) is 0 Å². The highest BCUT2D eigenvalue weighted by Crippen LogP contribution is 2.17. The van der Waals surface area contributed by atoms with Gasteiger partial charge in [-0.2, -0.15) is 0 Å². The van der Waals surface area contributed by atoms with E-state index in [-0.39, 0.29) is 18.7 Å². The number of carbonyl (C=O) groups excluding carboxylic acids is 1. The van der Waals surface area contributed by atoms with Crippen molar-refractivity contribution in [3.05, 3.63) is 35.6 Å². The Bertz CT molecular complexity index is 387. The number of amides is 1. The molecule has 0 radical (unpaired) electrons. The lowest BCUT2D eigenvalue weighted by Crippen LogP contribution is -2.33. The Hall–Kier alpha value is -1.71. The molecule has 19 heavy (non-hydrogen) atoms. The van der Waals surface area contributed by atoms with Crippen LogP contribution in [0, 0.1) is 0 Å². The summed E-state index contributed by atoms with van der Waals surface area (Å²) >= 11 is 0. The van der Waals surface area contributed by atoms with Crippen LogP contribution in [0.15, 0.2) is 35.6 Å². The highest BCUT2D eigenvalue weighted by Gasteiger charge is 2.17. The van der Waals surface area contributed by atoms with E-state index < -0.39 is 0 Å². The zero-order valence-corrected chi connectivity index (χ0v) is 11.9. The summed E-state index contributed by atoms with van der Waals surface area (Å²) < 4.78 is 5.21. The van der Waals surface area contributed by atoms with Crippen LogP contribution in [0.5, 0.6) is 0 Å². The second-order valence-corrected chi connectivity index (χ2v) is 5.16. The third-order valence-corrected chi connectivity index (χ3v) is 2.89. The minimum atomic E-state index is -0.359. The number of carbonyl (C=O) groups is 1. The maximum absolute atomic E-state index is 11.6. The maximum atomic E-state index is 11.6. The number of hydrogen-bond acceptors (Lipinski definition) is 3. The number of rotatable bonds is 5. The molecule has 0 heterocycles. The van der Waals surface area contributed by atoms with Crippen LogP contribution >= 0.6 is 0 Å². The summed E-state index contributed by atoms with van der Waals surface area (Å²) in [5, 5.41) is 2.88. The van der Waals surface area contributed by atoms with E-state index in [0.717, 1.165) is 24.0 Å². The van der Waals surface area contributed by atoms with E-state index in [1.165, 1.54) is 12.8 Å². The smallest absolute Gasteiger partial charge is 0.407 e. The van der Waals surface area contributed by atoms with Crippen LogP contribution in [-0.4, -0.2) is 18.7 Å². The third kappa shape index (κ3) is 6.70. The van der Waals surface area contributed by atoms with Crippen molar-refractivity contribution in [1.29, 1.82) is 0 Å². The molecule has 0 atom stereocenters. The fourth-order valence-electron chi connectivity index (χ4n) is 2.16. The van der Waals surface area contributed by atoms with Crippen molar-refractivity contribution < 1.29 is 9.53 Å². The van der Waals surface area contributed by atoms with Crippen molar-refractivity contribution >= 4 is 6.09 Å². The predicted octanol–water partition coefficient (Wildman–Crippen LogP) is 3.02. The van der Waals surface area contributed by atoms with Crippen LogP contribution in [0.25, 0.3) is 0 Å². The zero-order valence-electron chi connectivity index (χ0n) is 11.9. The summed E-state index contributed by atoms with van der Waals surface area (Å²) in [7, 11) is 0. The van der Waals surface area contributed by atoms with Gasteiger partial charge in [0.25, 0.3) is 0 Å². The van der Waals surface area contributed by atoms with E-state index in [0.29, 0.717) is 5.70 Å². The van der Waals surface area contributed by atoms with Crippen LogP contribution in [0.3, 0.4) is 0 Å². The summed E-state index contributed by atoms with van der Waals surface area (Å²) in [5.74, 6) is 0. The molecule has 0 spiro atoms. The Morgan fingerprint density at radius 3 is 2.53 bits per heavy atom. The van der Waals surface area contributed by atoms with E-state index >= 15 is 0 Å². The van der Waals surface area contributed by atoms with Crippen molar-refractivity contribution in [3.8, 4) is 0 Å². The van der Waals surface area contributed by atoms with Gasteiger partial charge in [-0.05, 0) is 38.3 Å². The number of nitrogens with two attached hydrogens (primary N) is 1. The van der Waals surface area contributed by atoms with E-state index in [9.17, 15) is 4.79 Å². The van der Waals surface area contributed by atoms with Gasteiger partial charge in [0.2, 0.25) is 0 Å². The van der Waals surface area contributed by atoms with Crippen LogP contribution < -0.4 is 11.1 Å². The van der Waals surface area contributed by atoms with Gasteiger partial charge in [-0.25, -0.2) is 4.79 Å². The standard InChI is InChI=1S/C15H24N2O2/c1-11(2)8-13(9-12(3)16)10-19-15(18)17-14-6-4-5-7-14/h8-9,14H,1,4-7,10,16H2,2-3H3,(H,17,18)/b12-9-,13-8+. The van der Waals surface area contributed by atoms with Crippen molar-refractivity contribution in [2.45, 2.75) is 45.6 Å². The van der Waals surface area contributed by atoms with Crippen molar-refractivity contribution in [2.75, 3.05) is 6.61 Å². The first kappa shape index (κ1) is 15.3. The second kappa shape index (κ2) is 7.67. The summed E-state index contributed by atoms with van der Waals surface area (Å²) in [6, 6.07) is 0.271. The minimum Gasteiger partial charge on any atom is -0.445 e. The minimum absolute atomic E-state index is 0.208. The molecule has 0 aromatic carbocycles. The lowest BCUT2D eigenvalue weighted by Gasteiger charge is -2.12. The Balaban J connectivity index is 2.44. The molecule has 1 rings (SSSR count). The molecule has 1 aliphatic rings. The summed E-state index contributed by atoms with van der Waals surface area (Å²) in [5.41, 5.74) is 8.05. The van der Waals surface area contributed by atoms with E-state index in [1.54, 1.807) is 13.0 Å². The maximum Gasteiger partial charge on any atom is 0.407 e. The molecule has 4 nitrogen and oxygen atoms in total. The van der Waals surface area contributed by atoms with Gasteiger partial charge < -0.3 is 15.8 Å². The van der Waals surface area contributed by atoms with E-state index in [1.807, 2.05) is 13.0 Å². The normalized spacial score (nSPS) is 17.4. The molecule has 0 aliphatic heterocycles. The molecule has 0 saturated heterocycles. The average Bonchev–Trinajstić information content (AvgIpc) is 2.77. The molecule has 0 aromatic rings. The number of nitrogens with one attached hydrogen (secondary N) is 1. The Kier molecular flexibility index (Phi) is 6.19. The fraction of sp³-hybridized carbons (Fsp3) is 0.533. The lowest BCUT2D eigenvalue weighted by molar-refractivity contribution is 0.152. The molecular formula is C15H24N2O2. The highest BCUT2D eigenvalue weighted by atomic mass is 16.5. The first-order valence-corrected chi connectivity index (χ1v) is 6.70. The molecule has 1 fully saturated rings. The van der Waals surface area contributed by atoms with Crippen LogP contribution in [0.1, 0.15) is 39.5 Å².